The highest BCUT2D eigenvalue weighted by Gasteiger charge is 2.14. The van der Waals surface area contributed by atoms with Crippen LogP contribution in [0.15, 0.2) is 48.5 Å². The van der Waals surface area contributed by atoms with E-state index in [9.17, 15) is 10.1 Å². The fourth-order valence-corrected chi connectivity index (χ4v) is 3.22. The van der Waals surface area contributed by atoms with E-state index in [0.717, 1.165) is 35.0 Å². The van der Waals surface area contributed by atoms with Gasteiger partial charge in [0.15, 0.2) is 0 Å². The van der Waals surface area contributed by atoms with Gasteiger partial charge in [0.05, 0.1) is 4.92 Å². The zero-order chi connectivity index (χ0) is 17.6. The molecular weight excluding hydrogens is 336 g/mol. The monoisotopic (exact) mass is 356 g/mol. The molecule has 0 atom stereocenters. The van der Waals surface area contributed by atoms with E-state index in [1.807, 2.05) is 30.3 Å². The molecule has 25 heavy (non-hydrogen) atoms. The highest BCUT2D eigenvalue weighted by Crippen LogP contribution is 2.19. The molecule has 1 saturated heterocycles. The molecule has 0 N–H and O–H groups in total. The Morgan fingerprint density at radius 2 is 1.84 bits per heavy atom. The van der Waals surface area contributed by atoms with Crippen molar-refractivity contribution in [3.63, 3.8) is 0 Å². The van der Waals surface area contributed by atoms with Gasteiger partial charge < -0.3 is 9.64 Å². The summed E-state index contributed by atoms with van der Waals surface area (Å²) in [5.74, 6) is 0.719. The van der Waals surface area contributed by atoms with Gasteiger partial charge in [-0.25, -0.2) is 0 Å². The van der Waals surface area contributed by atoms with E-state index in [2.05, 4.69) is 4.90 Å². The molecule has 3 rings (SSSR count). The number of non-ortho nitro benzene ring substituents is 1. The molecule has 1 heterocycles. The van der Waals surface area contributed by atoms with Gasteiger partial charge in [-0.1, -0.05) is 24.4 Å². The molecule has 2 aromatic carbocycles. The molecule has 0 bridgehead atoms. The zero-order valence-corrected chi connectivity index (χ0v) is 14.7. The van der Waals surface area contributed by atoms with Crippen LogP contribution in [0, 0.1) is 10.1 Å². The van der Waals surface area contributed by atoms with Gasteiger partial charge in [0.2, 0.25) is 0 Å². The second-order valence-electron chi connectivity index (χ2n) is 6.09. The maximum absolute atomic E-state index is 10.8. The highest BCUT2D eigenvalue weighted by molar-refractivity contribution is 7.80. The van der Waals surface area contributed by atoms with Crippen molar-refractivity contribution in [1.29, 1.82) is 0 Å². The third-order valence-electron chi connectivity index (χ3n) is 4.27. The Morgan fingerprint density at radius 3 is 2.52 bits per heavy atom. The molecule has 0 saturated carbocycles. The molecule has 0 radical (unpaired) electrons. The molecule has 0 unspecified atom stereocenters. The van der Waals surface area contributed by atoms with Crippen molar-refractivity contribution in [2.24, 2.45) is 0 Å². The maximum atomic E-state index is 10.8. The summed E-state index contributed by atoms with van der Waals surface area (Å²) in [7, 11) is 0. The number of likely N-dealkylation sites (tertiary alicyclic amines) is 1. The minimum Gasteiger partial charge on any atom is -0.489 e. The number of ether oxygens (including phenoxy) is 1. The van der Waals surface area contributed by atoms with Crippen molar-refractivity contribution in [1.82, 2.24) is 4.90 Å². The van der Waals surface area contributed by atoms with Crippen molar-refractivity contribution in [3.05, 3.63) is 69.8 Å². The molecule has 2 aromatic rings. The number of nitrogens with zero attached hydrogens (tertiary/aromatic N) is 2. The smallest absolute Gasteiger partial charge is 0.269 e. The number of nitro groups is 1. The Labute approximate surface area is 152 Å². The first kappa shape index (κ1) is 17.4. The molecule has 0 aliphatic carbocycles. The summed E-state index contributed by atoms with van der Waals surface area (Å²) >= 11 is 5.58. The molecule has 0 spiro atoms. The van der Waals surface area contributed by atoms with E-state index in [1.54, 1.807) is 6.07 Å². The maximum Gasteiger partial charge on any atom is 0.269 e. The van der Waals surface area contributed by atoms with Crippen LogP contribution in [0.2, 0.25) is 0 Å². The van der Waals surface area contributed by atoms with Crippen LogP contribution in [-0.2, 0) is 6.61 Å². The second kappa shape index (κ2) is 8.07. The van der Waals surface area contributed by atoms with Crippen LogP contribution in [0.4, 0.5) is 5.69 Å². The summed E-state index contributed by atoms with van der Waals surface area (Å²) < 4.78 is 5.73. The Kier molecular flexibility index (Phi) is 5.60. The van der Waals surface area contributed by atoms with Crippen LogP contribution >= 0.6 is 12.2 Å². The molecule has 6 heteroatoms. The molecule has 0 aromatic heterocycles. The number of hydrogen-bond donors (Lipinski definition) is 0. The van der Waals surface area contributed by atoms with Gasteiger partial charge in [0.1, 0.15) is 17.3 Å². The minimum atomic E-state index is -0.403. The van der Waals surface area contributed by atoms with Crippen LogP contribution in [-0.4, -0.2) is 27.9 Å². The number of rotatable bonds is 5. The van der Waals surface area contributed by atoms with Crippen molar-refractivity contribution < 1.29 is 9.66 Å². The van der Waals surface area contributed by atoms with Crippen LogP contribution < -0.4 is 4.74 Å². The Morgan fingerprint density at radius 1 is 1.12 bits per heavy atom. The lowest BCUT2D eigenvalue weighted by molar-refractivity contribution is -0.384. The Hall–Kier alpha value is -2.47. The van der Waals surface area contributed by atoms with E-state index >= 15 is 0 Å². The molecule has 1 aliphatic heterocycles. The summed E-state index contributed by atoms with van der Waals surface area (Å²) in [6.45, 7) is 2.35. The number of benzene rings is 2. The first-order valence-corrected chi connectivity index (χ1v) is 8.80. The summed E-state index contributed by atoms with van der Waals surface area (Å²) in [5.41, 5.74) is 1.87. The SMILES string of the molecule is O=[N+]([O-])c1cccc(COc2ccc(C(=S)N3CCCCC3)cc2)c1. The quantitative estimate of drug-likeness (QED) is 0.453. The average molecular weight is 356 g/mol. The van der Waals surface area contributed by atoms with Gasteiger partial charge in [0.25, 0.3) is 5.69 Å². The van der Waals surface area contributed by atoms with E-state index in [0.29, 0.717) is 0 Å². The van der Waals surface area contributed by atoms with Gasteiger partial charge in [0, 0.05) is 30.8 Å². The molecule has 0 amide bonds. The first-order chi connectivity index (χ1) is 12.1. The van der Waals surface area contributed by atoms with E-state index < -0.39 is 4.92 Å². The Bertz CT molecular complexity index is 756. The molecule has 1 fully saturated rings. The first-order valence-electron chi connectivity index (χ1n) is 8.39. The lowest BCUT2D eigenvalue weighted by atomic mass is 10.1. The second-order valence-corrected chi connectivity index (χ2v) is 6.48. The van der Waals surface area contributed by atoms with Gasteiger partial charge in [-0.15, -0.1) is 0 Å². The van der Waals surface area contributed by atoms with E-state index in [-0.39, 0.29) is 12.3 Å². The highest BCUT2D eigenvalue weighted by atomic mass is 32.1. The number of piperidine rings is 1. The van der Waals surface area contributed by atoms with Crippen LogP contribution in [0.3, 0.4) is 0 Å². The summed E-state index contributed by atoms with van der Waals surface area (Å²) in [6, 6.07) is 14.2. The van der Waals surface area contributed by atoms with Crippen molar-refractivity contribution in [3.8, 4) is 5.75 Å². The summed E-state index contributed by atoms with van der Waals surface area (Å²) in [6.07, 6.45) is 3.68. The standard InChI is InChI=1S/C19H20N2O3S/c22-21(23)17-6-4-5-15(13-17)14-24-18-9-7-16(8-10-18)19(25)20-11-2-1-3-12-20/h4-10,13H,1-3,11-12,14H2. The predicted molar refractivity (Wildman–Crippen MR) is 101 cm³/mol. The normalized spacial score (nSPS) is 14.2. The van der Waals surface area contributed by atoms with Crippen molar-refractivity contribution >= 4 is 22.9 Å². The third kappa shape index (κ3) is 4.54. The van der Waals surface area contributed by atoms with E-state index in [1.165, 1.54) is 31.4 Å². The van der Waals surface area contributed by atoms with Gasteiger partial charge >= 0.3 is 0 Å². The van der Waals surface area contributed by atoms with Crippen LogP contribution in [0.25, 0.3) is 0 Å². The number of thiocarbonyl (C=S) groups is 1. The van der Waals surface area contributed by atoms with Gasteiger partial charge in [-0.05, 0) is 49.1 Å². The van der Waals surface area contributed by atoms with Crippen molar-refractivity contribution in [2.75, 3.05) is 13.1 Å². The van der Waals surface area contributed by atoms with Crippen LogP contribution in [0.5, 0.6) is 5.75 Å². The largest absolute Gasteiger partial charge is 0.489 e. The lowest BCUT2D eigenvalue weighted by Crippen LogP contribution is -2.34. The number of nitro benzene ring substituents is 1. The van der Waals surface area contributed by atoms with Crippen molar-refractivity contribution in [2.45, 2.75) is 25.9 Å². The predicted octanol–water partition coefficient (Wildman–Crippen LogP) is 4.34. The molecular formula is C19H20N2O3S. The minimum absolute atomic E-state index is 0.0725. The topological polar surface area (TPSA) is 55.6 Å². The zero-order valence-electron chi connectivity index (χ0n) is 13.9. The molecule has 1 aliphatic rings. The molecule has 5 nitrogen and oxygen atoms in total. The fraction of sp³-hybridized carbons (Fsp3) is 0.316. The third-order valence-corrected chi connectivity index (χ3v) is 4.77. The summed E-state index contributed by atoms with van der Waals surface area (Å²) in [4.78, 5) is 13.6. The van der Waals surface area contributed by atoms with Crippen LogP contribution in [0.1, 0.15) is 30.4 Å². The summed E-state index contributed by atoms with van der Waals surface area (Å²) in [5, 5.41) is 10.8. The average Bonchev–Trinajstić information content (AvgIpc) is 2.67. The van der Waals surface area contributed by atoms with Gasteiger partial charge in [-0.2, -0.15) is 0 Å². The number of hydrogen-bond acceptors (Lipinski definition) is 4. The lowest BCUT2D eigenvalue weighted by Gasteiger charge is -2.29. The Balaban J connectivity index is 1.60. The molecule has 130 valence electrons. The fourth-order valence-electron chi connectivity index (χ4n) is 2.90. The van der Waals surface area contributed by atoms with E-state index in [4.69, 9.17) is 17.0 Å². The van der Waals surface area contributed by atoms with Gasteiger partial charge in [-0.3, -0.25) is 10.1 Å².